The number of esters is 1. The molecule has 0 aliphatic rings. The number of pyridine rings is 1. The maximum Gasteiger partial charge on any atom is 0.308 e. The number of aromatic nitrogens is 1. The fourth-order valence-corrected chi connectivity index (χ4v) is 3.97. The lowest BCUT2D eigenvalue weighted by molar-refractivity contribution is -0.145. The minimum Gasteiger partial charge on any atom is -0.489 e. The van der Waals surface area contributed by atoms with E-state index in [9.17, 15) is 19.4 Å². The van der Waals surface area contributed by atoms with Gasteiger partial charge in [0, 0.05) is 24.4 Å². The number of carbonyl (C=O) groups is 1. The summed E-state index contributed by atoms with van der Waals surface area (Å²) in [6.07, 6.45) is 4.66. The van der Waals surface area contributed by atoms with Gasteiger partial charge in [-0.15, -0.1) is 0 Å². The number of halogens is 1. The lowest BCUT2D eigenvalue weighted by Gasteiger charge is -2.19. The van der Waals surface area contributed by atoms with Gasteiger partial charge >= 0.3 is 5.97 Å². The first-order valence-corrected chi connectivity index (χ1v) is 12.4. The zero-order chi connectivity index (χ0) is 26.8. The Labute approximate surface area is 217 Å². The van der Waals surface area contributed by atoms with Gasteiger partial charge in [-0.2, -0.15) is 0 Å². The minimum absolute atomic E-state index is 0.00941. The average molecular weight is 508 g/mol. The molecule has 0 aliphatic carbocycles. The molecule has 0 spiro atoms. The van der Waals surface area contributed by atoms with Crippen molar-refractivity contribution in [2.75, 3.05) is 6.61 Å². The molecule has 2 N–H and O–H groups in total. The van der Waals surface area contributed by atoms with Crippen LogP contribution in [0, 0.1) is 5.82 Å². The van der Waals surface area contributed by atoms with Crippen molar-refractivity contribution in [2.24, 2.45) is 0 Å². The first kappa shape index (κ1) is 28.0. The van der Waals surface area contributed by atoms with E-state index in [4.69, 9.17) is 9.47 Å². The monoisotopic (exact) mass is 507 g/mol. The Morgan fingerprint density at radius 2 is 1.89 bits per heavy atom. The Morgan fingerprint density at radius 3 is 2.54 bits per heavy atom. The molecule has 0 saturated heterocycles. The molecule has 2 unspecified atom stereocenters. The van der Waals surface area contributed by atoms with E-state index in [-0.39, 0.29) is 31.2 Å². The van der Waals surface area contributed by atoms with Crippen LogP contribution in [0.2, 0.25) is 0 Å². The van der Waals surface area contributed by atoms with Crippen LogP contribution in [0.4, 0.5) is 4.39 Å². The molecule has 2 aromatic carbocycles. The Bertz CT molecular complexity index is 1180. The molecule has 196 valence electrons. The number of rotatable bonds is 12. The molecule has 0 radical (unpaired) electrons. The predicted molar refractivity (Wildman–Crippen MR) is 141 cm³/mol. The third-order valence-electron chi connectivity index (χ3n) is 5.80. The van der Waals surface area contributed by atoms with Crippen molar-refractivity contribution < 1.29 is 28.9 Å². The van der Waals surface area contributed by atoms with E-state index in [1.807, 2.05) is 24.3 Å². The van der Waals surface area contributed by atoms with Crippen molar-refractivity contribution in [1.82, 2.24) is 4.98 Å². The van der Waals surface area contributed by atoms with Crippen LogP contribution >= 0.6 is 0 Å². The highest BCUT2D eigenvalue weighted by Crippen LogP contribution is 2.36. The largest absolute Gasteiger partial charge is 0.489 e. The summed E-state index contributed by atoms with van der Waals surface area (Å²) < 4.78 is 24.6. The second kappa shape index (κ2) is 13.7. The predicted octanol–water partition coefficient (Wildman–Crippen LogP) is 5.67. The summed E-state index contributed by atoms with van der Waals surface area (Å²) in [5, 5.41) is 20.7. The molecule has 0 aliphatic heterocycles. The summed E-state index contributed by atoms with van der Waals surface area (Å²) in [5.41, 5.74) is 4.40. The maximum atomic E-state index is 13.7. The molecular weight excluding hydrogens is 473 g/mol. The fourth-order valence-electron chi connectivity index (χ4n) is 3.97. The number of aliphatic hydroxyl groups excluding tert-OH is 2. The summed E-state index contributed by atoms with van der Waals surface area (Å²) >= 11 is 0. The van der Waals surface area contributed by atoms with Crippen LogP contribution in [-0.4, -0.2) is 40.0 Å². The van der Waals surface area contributed by atoms with Crippen molar-refractivity contribution in [2.45, 2.75) is 58.3 Å². The van der Waals surface area contributed by atoms with Crippen molar-refractivity contribution in [3.8, 4) is 16.9 Å². The number of carbonyl (C=O) groups excluding carboxylic acids is 1. The second-order valence-corrected chi connectivity index (χ2v) is 9.11. The van der Waals surface area contributed by atoms with Gasteiger partial charge in [-0.25, -0.2) is 4.39 Å². The molecular formula is C30H34FNO5. The van der Waals surface area contributed by atoms with E-state index < -0.39 is 18.2 Å². The highest BCUT2D eigenvalue weighted by Gasteiger charge is 2.17. The normalized spacial score (nSPS) is 13.1. The van der Waals surface area contributed by atoms with E-state index in [0.29, 0.717) is 12.4 Å². The molecule has 0 bridgehead atoms. The minimum atomic E-state index is -1.02. The Balaban J connectivity index is 1.92. The second-order valence-electron chi connectivity index (χ2n) is 9.11. The Morgan fingerprint density at radius 1 is 1.14 bits per heavy atom. The molecule has 1 aromatic heterocycles. The zero-order valence-corrected chi connectivity index (χ0v) is 21.4. The van der Waals surface area contributed by atoms with E-state index in [0.717, 1.165) is 27.8 Å². The van der Waals surface area contributed by atoms with E-state index in [2.05, 4.69) is 18.8 Å². The topological polar surface area (TPSA) is 88.9 Å². The number of nitrogens with zero attached hydrogens (tertiary/aromatic N) is 1. The molecule has 3 aromatic rings. The lowest BCUT2D eigenvalue weighted by atomic mass is 9.89. The van der Waals surface area contributed by atoms with Gasteiger partial charge < -0.3 is 19.7 Å². The van der Waals surface area contributed by atoms with Crippen LogP contribution in [-0.2, 0) is 16.1 Å². The molecule has 3 rings (SSSR count). The van der Waals surface area contributed by atoms with Crippen LogP contribution in [0.15, 0.2) is 67.0 Å². The fraction of sp³-hybridized carbons (Fsp3) is 0.333. The first-order chi connectivity index (χ1) is 17.8. The smallest absolute Gasteiger partial charge is 0.308 e. The van der Waals surface area contributed by atoms with Gasteiger partial charge in [-0.3, -0.25) is 9.78 Å². The van der Waals surface area contributed by atoms with Crippen LogP contribution in [0.1, 0.15) is 56.2 Å². The van der Waals surface area contributed by atoms with Gasteiger partial charge in [0.05, 0.1) is 25.2 Å². The van der Waals surface area contributed by atoms with Crippen LogP contribution < -0.4 is 4.74 Å². The number of hydrogen-bond acceptors (Lipinski definition) is 6. The van der Waals surface area contributed by atoms with Gasteiger partial charge in [-0.1, -0.05) is 44.2 Å². The van der Waals surface area contributed by atoms with Gasteiger partial charge in [-0.05, 0) is 65.4 Å². The molecule has 0 saturated carbocycles. The van der Waals surface area contributed by atoms with E-state index in [1.54, 1.807) is 43.6 Å². The molecule has 37 heavy (non-hydrogen) atoms. The summed E-state index contributed by atoms with van der Waals surface area (Å²) in [4.78, 5) is 15.7. The van der Waals surface area contributed by atoms with E-state index >= 15 is 0 Å². The zero-order valence-electron chi connectivity index (χ0n) is 21.4. The molecule has 2 atom stereocenters. The average Bonchev–Trinajstić information content (AvgIpc) is 2.87. The lowest BCUT2D eigenvalue weighted by Crippen LogP contribution is -2.20. The van der Waals surface area contributed by atoms with Gasteiger partial charge in [0.1, 0.15) is 18.2 Å². The Kier molecular flexibility index (Phi) is 10.4. The highest BCUT2D eigenvalue weighted by molar-refractivity contribution is 5.79. The number of benzene rings is 2. The van der Waals surface area contributed by atoms with Crippen molar-refractivity contribution >= 4 is 12.0 Å². The first-order valence-electron chi connectivity index (χ1n) is 12.4. The standard InChI is InChI=1S/C30H34FNO5/c1-4-36-30(35)15-25(34)14-24(33)11-12-27-28(20(2)3)16-26(37-19-21-6-5-13-32-18-21)17-29(27)22-7-9-23(31)10-8-22/h5-13,16-18,20,24-25,33-34H,4,14-15,19H2,1-3H3. The van der Waals surface area contributed by atoms with E-state index in [1.165, 1.54) is 12.1 Å². The molecule has 0 fully saturated rings. The van der Waals surface area contributed by atoms with Crippen molar-refractivity contribution in [3.05, 3.63) is 89.5 Å². The number of hydrogen-bond donors (Lipinski definition) is 2. The SMILES string of the molecule is CCOC(=O)CC(O)CC(O)C=Cc1c(-c2ccc(F)cc2)cc(OCc2cccnc2)cc1C(C)C. The molecule has 0 amide bonds. The van der Waals surface area contributed by atoms with Gasteiger partial charge in [0.25, 0.3) is 0 Å². The van der Waals surface area contributed by atoms with Crippen LogP contribution in [0.25, 0.3) is 17.2 Å². The molecule has 1 heterocycles. The summed E-state index contributed by atoms with van der Waals surface area (Å²) in [7, 11) is 0. The van der Waals surface area contributed by atoms with Gasteiger partial charge in [0.15, 0.2) is 0 Å². The third kappa shape index (κ3) is 8.51. The van der Waals surface area contributed by atoms with Crippen LogP contribution in [0.5, 0.6) is 5.75 Å². The van der Waals surface area contributed by atoms with Crippen molar-refractivity contribution in [3.63, 3.8) is 0 Å². The third-order valence-corrected chi connectivity index (χ3v) is 5.80. The van der Waals surface area contributed by atoms with Crippen molar-refractivity contribution in [1.29, 1.82) is 0 Å². The van der Waals surface area contributed by atoms with Gasteiger partial charge in [0.2, 0.25) is 0 Å². The highest BCUT2D eigenvalue weighted by atomic mass is 19.1. The quantitative estimate of drug-likeness (QED) is 0.307. The van der Waals surface area contributed by atoms with Crippen LogP contribution in [0.3, 0.4) is 0 Å². The molecule has 7 heteroatoms. The summed E-state index contributed by atoms with van der Waals surface area (Å²) in [5.74, 6) is -0.0598. The number of ether oxygens (including phenoxy) is 2. The summed E-state index contributed by atoms with van der Waals surface area (Å²) in [6, 6.07) is 13.9. The number of aliphatic hydroxyl groups is 2. The summed E-state index contributed by atoms with van der Waals surface area (Å²) in [6.45, 7) is 6.40. The Hall–Kier alpha value is -3.55. The maximum absolute atomic E-state index is 13.7. The molecule has 6 nitrogen and oxygen atoms in total.